The molecule has 0 aromatic heterocycles. The first-order chi connectivity index (χ1) is 6.54. The molecule has 0 aliphatic carbocycles. The summed E-state index contributed by atoms with van der Waals surface area (Å²) in [4.78, 5) is 13.6. The fraction of sp³-hybridized carbons (Fsp3) is 0.900. The summed E-state index contributed by atoms with van der Waals surface area (Å²) in [5, 5.41) is 0. The van der Waals surface area contributed by atoms with Crippen LogP contribution in [0.3, 0.4) is 0 Å². The van der Waals surface area contributed by atoms with Gasteiger partial charge in [0.05, 0.1) is 0 Å². The van der Waals surface area contributed by atoms with E-state index in [-0.39, 0.29) is 11.8 Å². The van der Waals surface area contributed by atoms with Crippen LogP contribution in [0, 0.1) is 5.92 Å². The lowest BCUT2D eigenvalue weighted by Gasteiger charge is -2.27. The highest BCUT2D eigenvalue weighted by atomic mass is 32.2. The maximum atomic E-state index is 11.8. The van der Waals surface area contributed by atoms with Gasteiger partial charge in [0.25, 0.3) is 0 Å². The third kappa shape index (κ3) is 4.33. The summed E-state index contributed by atoms with van der Waals surface area (Å²) >= 11 is 1.76. The van der Waals surface area contributed by atoms with Crippen LogP contribution in [-0.4, -0.2) is 42.4 Å². The molecule has 2 N–H and O–H groups in total. The Morgan fingerprint density at radius 2 is 2.07 bits per heavy atom. The average molecular weight is 218 g/mol. The number of hydrogen-bond acceptors (Lipinski definition) is 3. The number of nitrogens with two attached hydrogens (primary N) is 1. The van der Waals surface area contributed by atoms with Gasteiger partial charge in [-0.2, -0.15) is 11.8 Å². The SMILES string of the molecule is CSCC(C)N(C)C(=O)C(C)CCN. The topological polar surface area (TPSA) is 46.3 Å². The first kappa shape index (κ1) is 13.8. The Labute approximate surface area is 91.4 Å². The molecule has 4 heteroatoms. The Bertz CT molecular complexity index is 176. The van der Waals surface area contributed by atoms with Crippen LogP contribution < -0.4 is 5.73 Å². The fourth-order valence-corrected chi connectivity index (χ4v) is 2.00. The van der Waals surface area contributed by atoms with E-state index in [0.29, 0.717) is 12.6 Å². The van der Waals surface area contributed by atoms with Gasteiger partial charge in [-0.15, -0.1) is 0 Å². The standard InChI is InChI=1S/C10H22N2OS/c1-8(5-6-11)10(13)12(3)9(2)7-14-4/h8-9H,5-7,11H2,1-4H3. The molecule has 0 bridgehead atoms. The van der Waals surface area contributed by atoms with E-state index in [4.69, 9.17) is 5.73 Å². The predicted molar refractivity (Wildman–Crippen MR) is 63.4 cm³/mol. The quantitative estimate of drug-likeness (QED) is 0.728. The molecule has 2 unspecified atom stereocenters. The largest absolute Gasteiger partial charge is 0.342 e. The Morgan fingerprint density at radius 1 is 1.50 bits per heavy atom. The predicted octanol–water partition coefficient (Wildman–Crippen LogP) is 1.18. The minimum atomic E-state index is 0.0503. The van der Waals surface area contributed by atoms with Crippen molar-refractivity contribution in [3.05, 3.63) is 0 Å². The lowest BCUT2D eigenvalue weighted by atomic mass is 10.1. The smallest absolute Gasteiger partial charge is 0.225 e. The van der Waals surface area contributed by atoms with Crippen LogP contribution in [0.2, 0.25) is 0 Å². The summed E-state index contributed by atoms with van der Waals surface area (Å²) in [6.45, 7) is 4.60. The van der Waals surface area contributed by atoms with Crippen LogP contribution in [0.15, 0.2) is 0 Å². The first-order valence-electron chi connectivity index (χ1n) is 5.00. The molecule has 14 heavy (non-hydrogen) atoms. The van der Waals surface area contributed by atoms with Crippen molar-refractivity contribution in [2.24, 2.45) is 11.7 Å². The zero-order chi connectivity index (χ0) is 11.1. The highest BCUT2D eigenvalue weighted by molar-refractivity contribution is 7.98. The van der Waals surface area contributed by atoms with E-state index < -0.39 is 0 Å². The zero-order valence-electron chi connectivity index (χ0n) is 9.62. The molecule has 0 fully saturated rings. The van der Waals surface area contributed by atoms with Gasteiger partial charge in [0.2, 0.25) is 5.91 Å². The van der Waals surface area contributed by atoms with Crippen molar-refractivity contribution in [1.82, 2.24) is 4.90 Å². The van der Waals surface area contributed by atoms with Crippen LogP contribution >= 0.6 is 11.8 Å². The monoisotopic (exact) mass is 218 g/mol. The average Bonchev–Trinajstić information content (AvgIpc) is 2.16. The van der Waals surface area contributed by atoms with Crippen LogP contribution in [0.4, 0.5) is 0 Å². The molecule has 2 atom stereocenters. The summed E-state index contributed by atoms with van der Waals surface area (Å²) in [6.07, 6.45) is 2.83. The molecule has 0 aliphatic rings. The van der Waals surface area contributed by atoms with Gasteiger partial charge in [-0.05, 0) is 26.1 Å². The number of nitrogens with zero attached hydrogens (tertiary/aromatic N) is 1. The molecule has 84 valence electrons. The van der Waals surface area contributed by atoms with Gasteiger partial charge in [-0.25, -0.2) is 0 Å². The van der Waals surface area contributed by atoms with Crippen molar-refractivity contribution in [3.8, 4) is 0 Å². The van der Waals surface area contributed by atoms with E-state index in [1.54, 1.807) is 11.8 Å². The Balaban J connectivity index is 4.09. The van der Waals surface area contributed by atoms with E-state index in [1.807, 2.05) is 18.9 Å². The number of rotatable bonds is 6. The molecule has 0 aliphatic heterocycles. The van der Waals surface area contributed by atoms with Gasteiger partial charge >= 0.3 is 0 Å². The summed E-state index contributed by atoms with van der Waals surface area (Å²) in [6, 6.07) is 0.303. The number of hydrogen-bond donors (Lipinski definition) is 1. The van der Waals surface area contributed by atoms with Crippen molar-refractivity contribution in [2.75, 3.05) is 25.6 Å². The molecule has 1 amide bonds. The van der Waals surface area contributed by atoms with Gasteiger partial charge in [-0.1, -0.05) is 6.92 Å². The van der Waals surface area contributed by atoms with Crippen molar-refractivity contribution >= 4 is 17.7 Å². The molecule has 0 aromatic rings. The van der Waals surface area contributed by atoms with E-state index >= 15 is 0 Å². The third-order valence-corrected chi connectivity index (χ3v) is 3.25. The normalized spacial score (nSPS) is 14.9. The van der Waals surface area contributed by atoms with Crippen LogP contribution in [-0.2, 0) is 4.79 Å². The van der Waals surface area contributed by atoms with Gasteiger partial charge in [0.1, 0.15) is 0 Å². The zero-order valence-corrected chi connectivity index (χ0v) is 10.4. The highest BCUT2D eigenvalue weighted by Gasteiger charge is 2.20. The lowest BCUT2D eigenvalue weighted by Crippen LogP contribution is -2.40. The van der Waals surface area contributed by atoms with E-state index in [1.165, 1.54) is 0 Å². The molecule has 0 radical (unpaired) electrons. The number of amides is 1. The summed E-state index contributed by atoms with van der Waals surface area (Å²) in [5.41, 5.74) is 5.43. The minimum Gasteiger partial charge on any atom is -0.342 e. The molecule has 0 heterocycles. The summed E-state index contributed by atoms with van der Waals surface area (Å²) in [7, 11) is 1.87. The third-order valence-electron chi connectivity index (χ3n) is 2.44. The molecule has 0 saturated heterocycles. The number of carbonyl (C=O) groups is 1. The second-order valence-electron chi connectivity index (χ2n) is 3.73. The Morgan fingerprint density at radius 3 is 2.50 bits per heavy atom. The second-order valence-corrected chi connectivity index (χ2v) is 4.64. The van der Waals surface area contributed by atoms with Crippen LogP contribution in [0.5, 0.6) is 0 Å². The van der Waals surface area contributed by atoms with Crippen molar-refractivity contribution in [3.63, 3.8) is 0 Å². The molecule has 0 rings (SSSR count). The number of thioether (sulfide) groups is 1. The van der Waals surface area contributed by atoms with E-state index in [0.717, 1.165) is 12.2 Å². The number of carbonyl (C=O) groups excluding carboxylic acids is 1. The van der Waals surface area contributed by atoms with E-state index in [2.05, 4.69) is 13.2 Å². The molecule has 0 spiro atoms. The summed E-state index contributed by atoms with van der Waals surface area (Å²) < 4.78 is 0. The Kier molecular flexibility index (Phi) is 7.01. The summed E-state index contributed by atoms with van der Waals surface area (Å²) in [5.74, 6) is 1.24. The second kappa shape index (κ2) is 7.12. The van der Waals surface area contributed by atoms with E-state index in [9.17, 15) is 4.79 Å². The molecule has 0 saturated carbocycles. The molecule has 0 aromatic carbocycles. The van der Waals surface area contributed by atoms with Crippen LogP contribution in [0.1, 0.15) is 20.3 Å². The minimum absolute atomic E-state index is 0.0503. The maximum absolute atomic E-state index is 11.8. The molecular weight excluding hydrogens is 196 g/mol. The van der Waals surface area contributed by atoms with Crippen molar-refractivity contribution in [1.29, 1.82) is 0 Å². The fourth-order valence-electron chi connectivity index (χ4n) is 1.29. The van der Waals surface area contributed by atoms with Gasteiger partial charge < -0.3 is 10.6 Å². The van der Waals surface area contributed by atoms with Gasteiger partial charge in [0, 0.05) is 24.8 Å². The van der Waals surface area contributed by atoms with Gasteiger partial charge in [0.15, 0.2) is 0 Å². The maximum Gasteiger partial charge on any atom is 0.225 e. The lowest BCUT2D eigenvalue weighted by molar-refractivity contribution is -0.135. The van der Waals surface area contributed by atoms with Gasteiger partial charge in [-0.3, -0.25) is 4.79 Å². The van der Waals surface area contributed by atoms with Crippen LogP contribution in [0.25, 0.3) is 0 Å². The van der Waals surface area contributed by atoms with Crippen molar-refractivity contribution in [2.45, 2.75) is 26.3 Å². The Hall–Kier alpha value is -0.220. The highest BCUT2D eigenvalue weighted by Crippen LogP contribution is 2.10. The van der Waals surface area contributed by atoms with Crippen molar-refractivity contribution < 1.29 is 4.79 Å². The molecule has 3 nitrogen and oxygen atoms in total. The first-order valence-corrected chi connectivity index (χ1v) is 6.39. The molecular formula is C10H22N2OS.